The molecule has 0 saturated carbocycles. The van der Waals surface area contributed by atoms with E-state index in [2.05, 4.69) is 69.3 Å². The van der Waals surface area contributed by atoms with Gasteiger partial charge in [-0.1, -0.05) is 29.8 Å². The summed E-state index contributed by atoms with van der Waals surface area (Å²) in [6.07, 6.45) is 1.88. The highest BCUT2D eigenvalue weighted by molar-refractivity contribution is 9.10. The lowest BCUT2D eigenvalue weighted by Crippen LogP contribution is -2.14. The van der Waals surface area contributed by atoms with Crippen molar-refractivity contribution in [2.45, 2.75) is 44.5 Å². The van der Waals surface area contributed by atoms with E-state index in [1.807, 2.05) is 6.20 Å². The third-order valence-corrected chi connectivity index (χ3v) is 3.80. The highest BCUT2D eigenvalue weighted by Crippen LogP contribution is 2.31. The topological polar surface area (TPSA) is 17.8 Å². The van der Waals surface area contributed by atoms with Crippen molar-refractivity contribution in [1.29, 1.82) is 0 Å². The van der Waals surface area contributed by atoms with E-state index in [1.54, 1.807) is 0 Å². The Hall–Kier alpha value is 0.170. The van der Waals surface area contributed by atoms with E-state index in [-0.39, 0.29) is 0 Å². The molecule has 2 unspecified atom stereocenters. The molecule has 1 heterocycles. The average Bonchev–Trinajstić information content (AvgIpc) is 2.45. The van der Waals surface area contributed by atoms with Crippen LogP contribution in [0.15, 0.2) is 10.7 Å². The standard InChI is InChI=1S/C10H16Br2N2/c1-6(2)14-10(7(3)8(4)11)9(12)5-13-14/h5-8H,1-4H3. The first-order valence-electron chi connectivity index (χ1n) is 4.82. The van der Waals surface area contributed by atoms with E-state index in [9.17, 15) is 0 Å². The Morgan fingerprint density at radius 3 is 2.29 bits per heavy atom. The van der Waals surface area contributed by atoms with E-state index in [0.717, 1.165) is 4.47 Å². The molecule has 0 spiro atoms. The monoisotopic (exact) mass is 322 g/mol. The van der Waals surface area contributed by atoms with Gasteiger partial charge in [0.15, 0.2) is 0 Å². The van der Waals surface area contributed by atoms with Gasteiger partial charge in [0.1, 0.15) is 0 Å². The summed E-state index contributed by atoms with van der Waals surface area (Å²) < 4.78 is 3.18. The fraction of sp³-hybridized carbons (Fsp3) is 0.700. The third kappa shape index (κ3) is 2.40. The smallest absolute Gasteiger partial charge is 0.0635 e. The summed E-state index contributed by atoms with van der Waals surface area (Å²) in [5.74, 6) is 0.453. The maximum atomic E-state index is 4.37. The van der Waals surface area contributed by atoms with Crippen molar-refractivity contribution in [2.75, 3.05) is 0 Å². The van der Waals surface area contributed by atoms with E-state index >= 15 is 0 Å². The Morgan fingerprint density at radius 1 is 1.29 bits per heavy atom. The summed E-state index contributed by atoms with van der Waals surface area (Å²) in [7, 11) is 0. The quantitative estimate of drug-likeness (QED) is 0.765. The molecule has 14 heavy (non-hydrogen) atoms. The van der Waals surface area contributed by atoms with Gasteiger partial charge in [-0.3, -0.25) is 4.68 Å². The maximum absolute atomic E-state index is 4.37. The van der Waals surface area contributed by atoms with Gasteiger partial charge in [-0.05, 0) is 29.8 Å². The van der Waals surface area contributed by atoms with Crippen molar-refractivity contribution in [1.82, 2.24) is 9.78 Å². The minimum absolute atomic E-state index is 0.407. The van der Waals surface area contributed by atoms with Crippen molar-refractivity contribution in [2.24, 2.45) is 0 Å². The molecule has 0 aliphatic carbocycles. The molecule has 0 radical (unpaired) electrons. The largest absolute Gasteiger partial charge is 0.266 e. The summed E-state index contributed by atoms with van der Waals surface area (Å²) in [4.78, 5) is 0.452. The van der Waals surface area contributed by atoms with E-state index in [0.29, 0.717) is 16.8 Å². The highest BCUT2D eigenvalue weighted by atomic mass is 79.9. The molecule has 2 atom stereocenters. The lowest BCUT2D eigenvalue weighted by Gasteiger charge is -2.19. The summed E-state index contributed by atoms with van der Waals surface area (Å²) in [5, 5.41) is 4.37. The zero-order valence-electron chi connectivity index (χ0n) is 8.96. The van der Waals surface area contributed by atoms with Crippen LogP contribution in [0.2, 0.25) is 0 Å². The molecule has 0 saturated heterocycles. The summed E-state index contributed by atoms with van der Waals surface area (Å²) in [6, 6.07) is 0.407. The van der Waals surface area contributed by atoms with Gasteiger partial charge < -0.3 is 0 Å². The minimum Gasteiger partial charge on any atom is -0.266 e. The molecule has 1 aromatic heterocycles. The van der Waals surface area contributed by atoms with Gasteiger partial charge in [-0.2, -0.15) is 5.10 Å². The summed E-state index contributed by atoms with van der Waals surface area (Å²) in [6.45, 7) is 8.66. The van der Waals surface area contributed by atoms with Crippen LogP contribution in [-0.4, -0.2) is 14.6 Å². The molecule has 0 N–H and O–H groups in total. The second-order valence-electron chi connectivity index (χ2n) is 3.88. The van der Waals surface area contributed by atoms with Gasteiger partial charge >= 0.3 is 0 Å². The normalized spacial score (nSPS) is 15.9. The number of hydrogen-bond acceptors (Lipinski definition) is 1. The summed E-state index contributed by atoms with van der Waals surface area (Å²) >= 11 is 7.17. The molecule has 0 aromatic carbocycles. The van der Waals surface area contributed by atoms with E-state index < -0.39 is 0 Å². The molecule has 0 fully saturated rings. The van der Waals surface area contributed by atoms with Crippen LogP contribution in [0.1, 0.15) is 45.3 Å². The van der Waals surface area contributed by atoms with E-state index in [1.165, 1.54) is 5.69 Å². The molecule has 0 amide bonds. The number of alkyl halides is 1. The van der Waals surface area contributed by atoms with Gasteiger partial charge in [-0.25, -0.2) is 0 Å². The molecular formula is C10H16Br2N2. The average molecular weight is 324 g/mol. The van der Waals surface area contributed by atoms with Gasteiger partial charge in [-0.15, -0.1) is 0 Å². The Labute approximate surface area is 102 Å². The van der Waals surface area contributed by atoms with Gasteiger partial charge in [0.05, 0.1) is 16.4 Å². The van der Waals surface area contributed by atoms with Crippen molar-refractivity contribution in [3.8, 4) is 0 Å². The number of hydrogen-bond donors (Lipinski definition) is 0. The van der Waals surface area contributed by atoms with Gasteiger partial charge in [0.2, 0.25) is 0 Å². The molecule has 1 rings (SSSR count). The molecule has 0 aliphatic heterocycles. The highest BCUT2D eigenvalue weighted by Gasteiger charge is 2.20. The first-order chi connectivity index (χ1) is 6.45. The first kappa shape index (κ1) is 12.2. The minimum atomic E-state index is 0.407. The van der Waals surface area contributed by atoms with Crippen LogP contribution in [-0.2, 0) is 0 Å². The van der Waals surface area contributed by atoms with Crippen LogP contribution in [0.3, 0.4) is 0 Å². The SMILES string of the molecule is CC(Br)C(C)c1c(Br)cnn1C(C)C. The van der Waals surface area contributed by atoms with Crippen LogP contribution in [0, 0.1) is 0 Å². The molecule has 80 valence electrons. The van der Waals surface area contributed by atoms with Gasteiger partial charge in [0, 0.05) is 16.8 Å². The molecule has 4 heteroatoms. The van der Waals surface area contributed by atoms with Crippen LogP contribution >= 0.6 is 31.9 Å². The van der Waals surface area contributed by atoms with E-state index in [4.69, 9.17) is 0 Å². The van der Waals surface area contributed by atoms with Crippen LogP contribution in [0.5, 0.6) is 0 Å². The molecule has 0 aliphatic rings. The van der Waals surface area contributed by atoms with Crippen molar-refractivity contribution < 1.29 is 0 Å². The second-order valence-corrected chi connectivity index (χ2v) is 6.18. The molecule has 2 nitrogen and oxygen atoms in total. The molecular weight excluding hydrogens is 308 g/mol. The fourth-order valence-corrected chi connectivity index (χ4v) is 2.29. The molecule has 0 bridgehead atoms. The Kier molecular flexibility index (Phi) is 4.19. The predicted octanol–water partition coefficient (Wildman–Crippen LogP) is 4.11. The number of halogens is 2. The Morgan fingerprint density at radius 2 is 1.86 bits per heavy atom. The van der Waals surface area contributed by atoms with Crippen LogP contribution < -0.4 is 0 Å². The van der Waals surface area contributed by atoms with Crippen molar-refractivity contribution in [3.63, 3.8) is 0 Å². The van der Waals surface area contributed by atoms with Gasteiger partial charge in [0.25, 0.3) is 0 Å². The molecule has 1 aromatic rings. The lowest BCUT2D eigenvalue weighted by atomic mass is 10.0. The van der Waals surface area contributed by atoms with Crippen LogP contribution in [0.25, 0.3) is 0 Å². The Bertz CT molecular complexity index is 305. The van der Waals surface area contributed by atoms with Crippen molar-refractivity contribution >= 4 is 31.9 Å². The fourth-order valence-electron chi connectivity index (χ4n) is 1.41. The number of aromatic nitrogens is 2. The second kappa shape index (κ2) is 4.79. The summed E-state index contributed by atoms with van der Waals surface area (Å²) in [5.41, 5.74) is 1.27. The first-order valence-corrected chi connectivity index (χ1v) is 6.53. The number of rotatable bonds is 3. The third-order valence-electron chi connectivity index (χ3n) is 2.40. The Balaban J connectivity index is 3.10. The zero-order chi connectivity index (χ0) is 10.9. The maximum Gasteiger partial charge on any atom is 0.0635 e. The number of nitrogens with zero attached hydrogens (tertiary/aromatic N) is 2. The van der Waals surface area contributed by atoms with Crippen LogP contribution in [0.4, 0.5) is 0 Å². The predicted molar refractivity (Wildman–Crippen MR) is 67.1 cm³/mol. The zero-order valence-corrected chi connectivity index (χ0v) is 12.1. The lowest BCUT2D eigenvalue weighted by molar-refractivity contribution is 0.490. The van der Waals surface area contributed by atoms with Crippen molar-refractivity contribution in [3.05, 3.63) is 16.4 Å².